The van der Waals surface area contributed by atoms with Gasteiger partial charge < -0.3 is 5.32 Å². The molecule has 128 valence electrons. The first-order chi connectivity index (χ1) is 11.5. The minimum absolute atomic E-state index is 0.0620. The van der Waals surface area contributed by atoms with E-state index in [1.807, 2.05) is 48.5 Å². The Kier molecular flexibility index (Phi) is 5.28. The Morgan fingerprint density at radius 3 is 2.71 bits per heavy atom. The van der Waals surface area contributed by atoms with Gasteiger partial charge >= 0.3 is 0 Å². The minimum atomic E-state index is -3.21. The molecule has 2 atom stereocenters. The molecule has 1 fully saturated rings. The Balaban J connectivity index is 1.77. The Labute approximate surface area is 143 Å². The van der Waals surface area contributed by atoms with Crippen molar-refractivity contribution in [1.29, 1.82) is 0 Å². The number of nitrogens with zero attached hydrogens (tertiary/aromatic N) is 1. The first-order valence-electron chi connectivity index (χ1n) is 8.23. The van der Waals surface area contributed by atoms with Crippen LogP contribution in [0.25, 0.3) is 11.3 Å². The van der Waals surface area contributed by atoms with Gasteiger partial charge in [0.05, 0.1) is 11.9 Å². The van der Waals surface area contributed by atoms with E-state index in [1.54, 1.807) is 0 Å². The predicted octanol–water partition coefficient (Wildman–Crippen LogP) is 1.96. The lowest BCUT2D eigenvalue weighted by molar-refractivity contribution is 0.327. The molecule has 0 aliphatic carbocycles. The zero-order chi connectivity index (χ0) is 17.0. The van der Waals surface area contributed by atoms with Crippen LogP contribution in [0.5, 0.6) is 0 Å². The number of sulfonamides is 1. The molecule has 6 heteroatoms. The topological polar surface area (TPSA) is 71.1 Å². The number of piperidine rings is 1. The summed E-state index contributed by atoms with van der Waals surface area (Å²) >= 11 is 0. The second kappa shape index (κ2) is 7.42. The van der Waals surface area contributed by atoms with Crippen LogP contribution < -0.4 is 10.0 Å². The van der Waals surface area contributed by atoms with Gasteiger partial charge in [-0.25, -0.2) is 13.1 Å². The molecule has 1 aromatic heterocycles. The van der Waals surface area contributed by atoms with E-state index in [0.29, 0.717) is 6.42 Å². The normalized spacial score (nSPS) is 21.5. The Hall–Kier alpha value is -1.76. The van der Waals surface area contributed by atoms with Gasteiger partial charge in [0.1, 0.15) is 0 Å². The summed E-state index contributed by atoms with van der Waals surface area (Å²) in [5, 5.41) is 3.43. The molecule has 24 heavy (non-hydrogen) atoms. The molecule has 2 N–H and O–H groups in total. The molecular weight excluding hydrogens is 322 g/mol. The quantitative estimate of drug-likeness (QED) is 0.869. The molecule has 3 rings (SSSR count). The zero-order valence-corrected chi connectivity index (χ0v) is 14.6. The summed E-state index contributed by atoms with van der Waals surface area (Å²) in [5.41, 5.74) is 2.99. The van der Waals surface area contributed by atoms with Crippen molar-refractivity contribution in [2.24, 2.45) is 0 Å². The van der Waals surface area contributed by atoms with Gasteiger partial charge in [-0.1, -0.05) is 36.4 Å². The molecule has 1 aromatic carbocycles. The third kappa shape index (κ3) is 4.63. The highest BCUT2D eigenvalue weighted by Crippen LogP contribution is 2.19. The molecule has 2 aromatic rings. The van der Waals surface area contributed by atoms with Gasteiger partial charge in [-0.2, -0.15) is 0 Å². The number of hydrogen-bond acceptors (Lipinski definition) is 4. The van der Waals surface area contributed by atoms with Crippen LogP contribution in [0.4, 0.5) is 0 Å². The van der Waals surface area contributed by atoms with Crippen molar-refractivity contribution in [3.63, 3.8) is 0 Å². The number of hydrogen-bond donors (Lipinski definition) is 2. The number of aromatic nitrogens is 1. The van der Waals surface area contributed by atoms with Gasteiger partial charge in [-0.05, 0) is 31.5 Å². The van der Waals surface area contributed by atoms with E-state index in [9.17, 15) is 8.42 Å². The minimum Gasteiger partial charge on any atom is -0.312 e. The van der Waals surface area contributed by atoms with Crippen molar-refractivity contribution >= 4 is 10.0 Å². The first-order valence-corrected chi connectivity index (χ1v) is 10.1. The Morgan fingerprint density at radius 2 is 1.96 bits per heavy atom. The van der Waals surface area contributed by atoms with Crippen molar-refractivity contribution in [3.8, 4) is 11.3 Å². The fourth-order valence-corrected chi connectivity index (χ4v) is 4.00. The van der Waals surface area contributed by atoms with Gasteiger partial charge in [0.25, 0.3) is 0 Å². The summed E-state index contributed by atoms with van der Waals surface area (Å²) in [6.45, 7) is 0.908. The Morgan fingerprint density at radius 1 is 1.17 bits per heavy atom. The molecule has 1 aliphatic rings. The second-order valence-electron chi connectivity index (χ2n) is 6.28. The van der Waals surface area contributed by atoms with E-state index in [1.165, 1.54) is 6.26 Å². The maximum absolute atomic E-state index is 11.6. The molecule has 5 nitrogen and oxygen atoms in total. The highest BCUT2D eigenvalue weighted by Gasteiger charge is 2.27. The zero-order valence-electron chi connectivity index (χ0n) is 13.8. The lowest BCUT2D eigenvalue weighted by atomic mass is 9.95. The highest BCUT2D eigenvalue weighted by atomic mass is 32.2. The van der Waals surface area contributed by atoms with Gasteiger partial charge in [-0.3, -0.25) is 4.98 Å². The summed E-state index contributed by atoms with van der Waals surface area (Å²) < 4.78 is 25.9. The number of nitrogens with one attached hydrogen (secondary N) is 2. The van der Waals surface area contributed by atoms with E-state index in [2.05, 4.69) is 10.0 Å². The summed E-state index contributed by atoms with van der Waals surface area (Å²) in [6, 6.07) is 16.0. The van der Waals surface area contributed by atoms with Gasteiger partial charge in [-0.15, -0.1) is 0 Å². The van der Waals surface area contributed by atoms with Gasteiger partial charge in [0.15, 0.2) is 0 Å². The molecule has 1 saturated heterocycles. The monoisotopic (exact) mass is 345 g/mol. The molecule has 0 unspecified atom stereocenters. The molecule has 0 spiro atoms. The molecular formula is C18H23N3O2S. The second-order valence-corrected chi connectivity index (χ2v) is 8.06. The van der Waals surface area contributed by atoms with Crippen LogP contribution in [0.15, 0.2) is 48.5 Å². The van der Waals surface area contributed by atoms with Crippen molar-refractivity contribution in [2.45, 2.75) is 31.3 Å². The molecule has 0 amide bonds. The van der Waals surface area contributed by atoms with E-state index in [4.69, 9.17) is 4.98 Å². The summed E-state index contributed by atoms with van der Waals surface area (Å²) in [5.74, 6) is 0. The highest BCUT2D eigenvalue weighted by molar-refractivity contribution is 7.88. The largest absolute Gasteiger partial charge is 0.312 e. The number of pyridine rings is 1. The van der Waals surface area contributed by atoms with Gasteiger partial charge in [0.2, 0.25) is 10.0 Å². The predicted molar refractivity (Wildman–Crippen MR) is 96.2 cm³/mol. The lowest BCUT2D eigenvalue weighted by Gasteiger charge is -2.32. The molecule has 1 aliphatic heterocycles. The standard InChI is InChI=1S/C18H23N3O2S/c1-24(22,23)21-17-11-6-12-19-18(17)13-15-9-5-10-16(20-15)14-7-3-2-4-8-14/h2-5,7-10,17-19,21H,6,11-13H2,1H3/t17-,18-/m0/s1. The maximum Gasteiger partial charge on any atom is 0.209 e. The van der Waals surface area contributed by atoms with E-state index in [-0.39, 0.29) is 12.1 Å². The molecule has 0 bridgehead atoms. The summed E-state index contributed by atoms with van der Waals surface area (Å²) in [4.78, 5) is 4.75. The van der Waals surface area contributed by atoms with Crippen LogP contribution in [0, 0.1) is 0 Å². The SMILES string of the molecule is CS(=O)(=O)N[C@H]1CCCN[C@H]1Cc1cccc(-c2ccccc2)n1. The van der Waals surface area contributed by atoms with Crippen LogP contribution in [-0.2, 0) is 16.4 Å². The van der Waals surface area contributed by atoms with Crippen LogP contribution in [-0.4, -0.2) is 38.3 Å². The average Bonchev–Trinajstić information content (AvgIpc) is 2.56. The van der Waals surface area contributed by atoms with E-state index >= 15 is 0 Å². The lowest BCUT2D eigenvalue weighted by Crippen LogP contribution is -2.54. The van der Waals surface area contributed by atoms with Crippen molar-refractivity contribution < 1.29 is 8.42 Å². The van der Waals surface area contributed by atoms with Crippen LogP contribution in [0.1, 0.15) is 18.5 Å². The van der Waals surface area contributed by atoms with Crippen molar-refractivity contribution in [1.82, 2.24) is 15.0 Å². The summed E-state index contributed by atoms with van der Waals surface area (Å²) in [7, 11) is -3.21. The van der Waals surface area contributed by atoms with Crippen LogP contribution in [0.3, 0.4) is 0 Å². The smallest absolute Gasteiger partial charge is 0.209 e. The maximum atomic E-state index is 11.6. The van der Waals surface area contributed by atoms with Crippen molar-refractivity contribution in [2.75, 3.05) is 12.8 Å². The number of benzene rings is 1. The van der Waals surface area contributed by atoms with Gasteiger partial charge in [0, 0.05) is 29.8 Å². The van der Waals surface area contributed by atoms with E-state index < -0.39 is 10.0 Å². The third-order valence-corrected chi connectivity index (χ3v) is 4.99. The fraction of sp³-hybridized carbons (Fsp3) is 0.389. The molecule has 0 radical (unpaired) electrons. The molecule has 2 heterocycles. The fourth-order valence-electron chi connectivity index (χ4n) is 3.17. The summed E-state index contributed by atoms with van der Waals surface area (Å²) in [6.07, 6.45) is 3.74. The molecule has 0 saturated carbocycles. The first kappa shape index (κ1) is 17.1. The Bertz CT molecular complexity index is 778. The van der Waals surface area contributed by atoms with E-state index in [0.717, 1.165) is 36.3 Å². The van der Waals surface area contributed by atoms with Crippen LogP contribution >= 0.6 is 0 Å². The van der Waals surface area contributed by atoms with Crippen molar-refractivity contribution in [3.05, 3.63) is 54.2 Å². The van der Waals surface area contributed by atoms with Crippen LogP contribution in [0.2, 0.25) is 0 Å². The third-order valence-electron chi connectivity index (χ3n) is 4.25. The number of rotatable bonds is 5. The average molecular weight is 345 g/mol.